The molecule has 5 nitrogen and oxygen atoms in total. The molecule has 2 saturated heterocycles. The number of carboxylic acid groups (broad SMARTS) is 1. The first-order chi connectivity index (χ1) is 9.08. The number of hydrogen-bond acceptors (Lipinski definition) is 3. The first kappa shape index (κ1) is 12.9. The molecule has 2 aliphatic heterocycles. The number of rotatable bonds is 2. The maximum Gasteiger partial charge on any atom is 0.308 e. The molecule has 3 fully saturated rings. The largest absolute Gasteiger partial charge is 0.481 e. The van der Waals surface area contributed by atoms with Gasteiger partial charge >= 0.3 is 5.97 Å². The van der Waals surface area contributed by atoms with Crippen LogP contribution in [0.15, 0.2) is 0 Å². The van der Waals surface area contributed by atoms with E-state index in [2.05, 4.69) is 0 Å². The van der Waals surface area contributed by atoms with Gasteiger partial charge in [-0.2, -0.15) is 0 Å². The SMILES string of the molecule is NC1CCCC(C(=O)N2C3CCC2C(C(=O)O)C3)C1. The quantitative estimate of drug-likeness (QED) is 0.780. The Hall–Kier alpha value is -1.10. The molecule has 2 bridgehead atoms. The number of carbonyl (C=O) groups is 2. The van der Waals surface area contributed by atoms with Crippen LogP contribution in [0.5, 0.6) is 0 Å². The molecule has 2 heterocycles. The highest BCUT2D eigenvalue weighted by atomic mass is 16.4. The van der Waals surface area contributed by atoms with E-state index in [-0.39, 0.29) is 35.9 Å². The number of fused-ring (bicyclic) bond motifs is 2. The third kappa shape index (κ3) is 2.14. The van der Waals surface area contributed by atoms with Crippen molar-refractivity contribution in [2.45, 2.75) is 63.1 Å². The standard InChI is InChI=1S/C14H22N2O3/c15-9-3-1-2-8(6-9)13(17)16-10-4-5-12(16)11(7-10)14(18)19/h8-12H,1-7,15H2,(H,18,19). The summed E-state index contributed by atoms with van der Waals surface area (Å²) in [4.78, 5) is 25.8. The van der Waals surface area contributed by atoms with Crippen molar-refractivity contribution in [2.75, 3.05) is 0 Å². The Labute approximate surface area is 113 Å². The molecule has 19 heavy (non-hydrogen) atoms. The molecule has 1 amide bonds. The summed E-state index contributed by atoms with van der Waals surface area (Å²) in [6.45, 7) is 0. The van der Waals surface area contributed by atoms with E-state index in [0.29, 0.717) is 6.42 Å². The molecule has 0 radical (unpaired) electrons. The van der Waals surface area contributed by atoms with Crippen LogP contribution in [0.4, 0.5) is 0 Å². The molecule has 0 aromatic heterocycles. The summed E-state index contributed by atoms with van der Waals surface area (Å²) < 4.78 is 0. The molecule has 5 unspecified atom stereocenters. The minimum Gasteiger partial charge on any atom is -0.481 e. The Morgan fingerprint density at radius 3 is 2.53 bits per heavy atom. The molecule has 1 saturated carbocycles. The van der Waals surface area contributed by atoms with Gasteiger partial charge in [0, 0.05) is 24.0 Å². The zero-order valence-corrected chi connectivity index (χ0v) is 11.1. The van der Waals surface area contributed by atoms with Crippen LogP contribution in [-0.2, 0) is 9.59 Å². The summed E-state index contributed by atoms with van der Waals surface area (Å²) in [5.74, 6) is -0.892. The van der Waals surface area contributed by atoms with E-state index in [9.17, 15) is 14.7 Å². The van der Waals surface area contributed by atoms with Crippen LogP contribution in [0.2, 0.25) is 0 Å². The number of hydrogen-bond donors (Lipinski definition) is 2. The molecule has 0 aromatic rings. The van der Waals surface area contributed by atoms with E-state index < -0.39 is 5.97 Å². The second-order valence-electron chi connectivity index (χ2n) is 6.35. The fraction of sp³-hybridized carbons (Fsp3) is 0.857. The highest BCUT2D eigenvalue weighted by Crippen LogP contribution is 2.43. The van der Waals surface area contributed by atoms with Gasteiger partial charge in [-0.3, -0.25) is 9.59 Å². The van der Waals surface area contributed by atoms with E-state index in [1.807, 2.05) is 4.90 Å². The van der Waals surface area contributed by atoms with Gasteiger partial charge in [0.2, 0.25) is 5.91 Å². The molecule has 1 aliphatic carbocycles. The molecule has 3 rings (SSSR count). The van der Waals surface area contributed by atoms with Gasteiger partial charge < -0.3 is 15.7 Å². The van der Waals surface area contributed by atoms with Gasteiger partial charge in [0.05, 0.1) is 5.92 Å². The van der Waals surface area contributed by atoms with E-state index in [4.69, 9.17) is 5.73 Å². The summed E-state index contributed by atoms with van der Waals surface area (Å²) in [5.41, 5.74) is 5.96. The first-order valence-electron chi connectivity index (χ1n) is 7.38. The van der Waals surface area contributed by atoms with Gasteiger partial charge in [-0.25, -0.2) is 0 Å². The molecule has 0 spiro atoms. The predicted octanol–water partition coefficient (Wildman–Crippen LogP) is 0.968. The maximum absolute atomic E-state index is 12.7. The van der Waals surface area contributed by atoms with E-state index in [0.717, 1.165) is 38.5 Å². The molecule has 3 aliphatic rings. The van der Waals surface area contributed by atoms with E-state index in [1.165, 1.54) is 0 Å². The Morgan fingerprint density at radius 1 is 1.11 bits per heavy atom. The van der Waals surface area contributed by atoms with Gasteiger partial charge in [0.1, 0.15) is 0 Å². The number of aliphatic carboxylic acids is 1. The average molecular weight is 266 g/mol. The zero-order valence-electron chi connectivity index (χ0n) is 11.1. The fourth-order valence-corrected chi connectivity index (χ4v) is 4.26. The molecular weight excluding hydrogens is 244 g/mol. The number of carbonyl (C=O) groups excluding carboxylic acids is 1. The number of carboxylic acids is 1. The van der Waals surface area contributed by atoms with Crippen LogP contribution in [0.1, 0.15) is 44.9 Å². The Bertz CT molecular complexity index is 398. The van der Waals surface area contributed by atoms with Gasteiger partial charge in [-0.05, 0) is 38.5 Å². The van der Waals surface area contributed by atoms with Crippen molar-refractivity contribution in [2.24, 2.45) is 17.6 Å². The first-order valence-corrected chi connectivity index (χ1v) is 7.38. The second-order valence-corrected chi connectivity index (χ2v) is 6.35. The summed E-state index contributed by atoms with van der Waals surface area (Å²) in [5, 5.41) is 9.23. The number of amides is 1. The van der Waals surface area contributed by atoms with E-state index >= 15 is 0 Å². The Morgan fingerprint density at radius 2 is 1.89 bits per heavy atom. The Balaban J connectivity index is 1.72. The number of nitrogens with zero attached hydrogens (tertiary/aromatic N) is 1. The van der Waals surface area contributed by atoms with E-state index in [1.54, 1.807) is 0 Å². The monoisotopic (exact) mass is 266 g/mol. The summed E-state index contributed by atoms with van der Waals surface area (Å²) in [7, 11) is 0. The normalized spacial score (nSPS) is 41.5. The zero-order chi connectivity index (χ0) is 13.6. The summed E-state index contributed by atoms with van der Waals surface area (Å²) in [6.07, 6.45) is 6.18. The van der Waals surface area contributed by atoms with Crippen molar-refractivity contribution < 1.29 is 14.7 Å². The molecule has 5 atom stereocenters. The number of nitrogens with two attached hydrogens (primary N) is 1. The van der Waals surface area contributed by atoms with Crippen LogP contribution in [0.25, 0.3) is 0 Å². The van der Waals surface area contributed by atoms with Crippen LogP contribution >= 0.6 is 0 Å². The summed E-state index contributed by atoms with van der Waals surface area (Å²) >= 11 is 0. The topological polar surface area (TPSA) is 83.6 Å². The van der Waals surface area contributed by atoms with Gasteiger partial charge in [0.15, 0.2) is 0 Å². The van der Waals surface area contributed by atoms with Crippen LogP contribution in [0.3, 0.4) is 0 Å². The van der Waals surface area contributed by atoms with Crippen molar-refractivity contribution in [1.29, 1.82) is 0 Å². The average Bonchev–Trinajstić information content (AvgIpc) is 2.95. The van der Waals surface area contributed by atoms with Crippen molar-refractivity contribution in [3.63, 3.8) is 0 Å². The van der Waals surface area contributed by atoms with Gasteiger partial charge in [-0.1, -0.05) is 6.42 Å². The second kappa shape index (κ2) is 4.78. The van der Waals surface area contributed by atoms with Crippen LogP contribution in [-0.4, -0.2) is 40.0 Å². The molecule has 3 N–H and O–H groups in total. The fourth-order valence-electron chi connectivity index (χ4n) is 4.26. The third-order valence-electron chi connectivity index (χ3n) is 5.17. The minimum absolute atomic E-state index is 0.0272. The minimum atomic E-state index is -0.745. The summed E-state index contributed by atoms with van der Waals surface area (Å²) in [6, 6.07) is 0.239. The van der Waals surface area contributed by atoms with Crippen LogP contribution in [0, 0.1) is 11.8 Å². The predicted molar refractivity (Wildman–Crippen MR) is 69.3 cm³/mol. The lowest BCUT2D eigenvalue weighted by Crippen LogP contribution is -2.44. The van der Waals surface area contributed by atoms with Crippen molar-refractivity contribution in [3.05, 3.63) is 0 Å². The van der Waals surface area contributed by atoms with Crippen LogP contribution < -0.4 is 5.73 Å². The highest BCUT2D eigenvalue weighted by molar-refractivity contribution is 5.82. The molecule has 0 aromatic carbocycles. The molecule has 106 valence electrons. The lowest BCUT2D eigenvalue weighted by Gasteiger charge is -2.32. The third-order valence-corrected chi connectivity index (χ3v) is 5.17. The van der Waals surface area contributed by atoms with Gasteiger partial charge in [-0.15, -0.1) is 0 Å². The van der Waals surface area contributed by atoms with Crippen molar-refractivity contribution in [1.82, 2.24) is 4.90 Å². The smallest absolute Gasteiger partial charge is 0.308 e. The van der Waals surface area contributed by atoms with Crippen molar-refractivity contribution >= 4 is 11.9 Å². The Kier molecular flexibility index (Phi) is 3.25. The van der Waals surface area contributed by atoms with Crippen molar-refractivity contribution in [3.8, 4) is 0 Å². The molecule has 5 heteroatoms. The highest BCUT2D eigenvalue weighted by Gasteiger charge is 2.52. The lowest BCUT2D eigenvalue weighted by molar-refractivity contribution is -0.144. The molecular formula is C14H22N2O3. The lowest BCUT2D eigenvalue weighted by atomic mass is 9.85. The maximum atomic E-state index is 12.7. The van der Waals surface area contributed by atoms with Gasteiger partial charge in [0.25, 0.3) is 0 Å².